The first kappa shape index (κ1) is 19.4. The van der Waals surface area contributed by atoms with E-state index in [0.29, 0.717) is 29.1 Å². The Bertz CT molecular complexity index is 786. The molecule has 3 rings (SSSR count). The van der Waals surface area contributed by atoms with Gasteiger partial charge in [0.1, 0.15) is 12.2 Å². The molecule has 6 heteroatoms. The number of nitrogens with zero attached hydrogens (tertiary/aromatic N) is 3. The van der Waals surface area contributed by atoms with Crippen molar-refractivity contribution in [1.29, 1.82) is 5.26 Å². The number of aliphatic hydroxyl groups excluding tert-OH is 1. The molecule has 1 saturated heterocycles. The number of aromatic nitrogens is 2. The van der Waals surface area contributed by atoms with Crippen LogP contribution in [0.4, 0.5) is 0 Å². The quantitative estimate of drug-likeness (QED) is 0.819. The first-order valence-electron chi connectivity index (χ1n) is 9.58. The van der Waals surface area contributed by atoms with Crippen LogP contribution in [0, 0.1) is 23.2 Å². The van der Waals surface area contributed by atoms with E-state index in [0.717, 1.165) is 31.5 Å². The molecule has 1 aliphatic heterocycles. The van der Waals surface area contributed by atoms with E-state index in [9.17, 15) is 5.11 Å². The molecular weight excluding hydrogens is 340 g/mol. The molecule has 0 spiro atoms. The average Bonchev–Trinajstić information content (AvgIpc) is 3.06. The third-order valence-corrected chi connectivity index (χ3v) is 5.36. The average molecular weight is 368 g/mol. The maximum Gasteiger partial charge on any atom is 0.296 e. The van der Waals surface area contributed by atoms with Crippen LogP contribution in [0.1, 0.15) is 49.6 Å². The highest BCUT2D eigenvalue weighted by Crippen LogP contribution is 2.29. The summed E-state index contributed by atoms with van der Waals surface area (Å²) in [4.78, 5) is 4.43. The summed E-state index contributed by atoms with van der Waals surface area (Å²) >= 11 is 0. The predicted molar refractivity (Wildman–Crippen MR) is 103 cm³/mol. The fourth-order valence-electron chi connectivity index (χ4n) is 3.75. The van der Waals surface area contributed by atoms with E-state index in [4.69, 9.17) is 10.00 Å². The highest BCUT2D eigenvalue weighted by atomic mass is 16.5. The van der Waals surface area contributed by atoms with Crippen LogP contribution in [0.3, 0.4) is 0 Å². The third-order valence-electron chi connectivity index (χ3n) is 5.36. The maximum absolute atomic E-state index is 10.7. The smallest absolute Gasteiger partial charge is 0.296 e. The first-order chi connectivity index (χ1) is 13.0. The van der Waals surface area contributed by atoms with Crippen LogP contribution in [0.25, 0.3) is 0 Å². The Morgan fingerprint density at radius 1 is 1.26 bits per heavy atom. The normalized spacial score (nSPS) is 17.5. The van der Waals surface area contributed by atoms with Crippen LogP contribution in [0.15, 0.2) is 30.5 Å². The second kappa shape index (κ2) is 8.55. The monoisotopic (exact) mass is 368 g/mol. The van der Waals surface area contributed by atoms with Gasteiger partial charge in [-0.2, -0.15) is 5.26 Å². The van der Waals surface area contributed by atoms with Gasteiger partial charge in [-0.05, 0) is 55.5 Å². The van der Waals surface area contributed by atoms with Crippen LogP contribution in [-0.4, -0.2) is 33.9 Å². The molecule has 27 heavy (non-hydrogen) atoms. The number of imidazole rings is 1. The second-order valence-corrected chi connectivity index (χ2v) is 7.57. The van der Waals surface area contributed by atoms with E-state index in [1.807, 2.05) is 11.6 Å². The number of ether oxygens (including phenoxy) is 1. The molecule has 1 aliphatic rings. The fraction of sp³-hybridized carbons (Fsp3) is 0.524. The van der Waals surface area contributed by atoms with Crippen molar-refractivity contribution in [2.45, 2.75) is 38.9 Å². The van der Waals surface area contributed by atoms with E-state index < -0.39 is 6.10 Å². The number of rotatable bonds is 6. The van der Waals surface area contributed by atoms with Crippen molar-refractivity contribution in [2.75, 3.05) is 13.1 Å². The largest absolute Gasteiger partial charge is 0.461 e. The molecule has 2 aromatic rings. The van der Waals surface area contributed by atoms with Gasteiger partial charge in [0.25, 0.3) is 6.01 Å². The fourth-order valence-corrected chi connectivity index (χ4v) is 3.75. The van der Waals surface area contributed by atoms with Gasteiger partial charge >= 0.3 is 0 Å². The number of hydrogen-bond donors (Lipinski definition) is 2. The Morgan fingerprint density at radius 2 is 1.93 bits per heavy atom. The van der Waals surface area contributed by atoms with Gasteiger partial charge in [0.15, 0.2) is 0 Å². The van der Waals surface area contributed by atoms with E-state index in [-0.39, 0.29) is 6.10 Å². The van der Waals surface area contributed by atoms with Crippen LogP contribution in [0.5, 0.6) is 6.01 Å². The highest BCUT2D eigenvalue weighted by molar-refractivity contribution is 5.35. The molecule has 1 aromatic carbocycles. The van der Waals surface area contributed by atoms with Gasteiger partial charge in [-0.1, -0.05) is 26.0 Å². The first-order valence-corrected chi connectivity index (χ1v) is 9.58. The van der Waals surface area contributed by atoms with Gasteiger partial charge < -0.3 is 15.2 Å². The summed E-state index contributed by atoms with van der Waals surface area (Å²) in [5.41, 5.74) is 1.96. The number of nitrogens with one attached hydrogen (secondary N) is 1. The molecule has 0 bridgehead atoms. The van der Waals surface area contributed by atoms with Gasteiger partial charge in [0, 0.05) is 7.05 Å². The lowest BCUT2D eigenvalue weighted by molar-refractivity contribution is 0.0597. The molecule has 6 nitrogen and oxygen atoms in total. The van der Waals surface area contributed by atoms with Crippen molar-refractivity contribution in [3.8, 4) is 12.1 Å². The summed E-state index contributed by atoms with van der Waals surface area (Å²) < 4.78 is 8.14. The van der Waals surface area contributed by atoms with Crippen LogP contribution < -0.4 is 10.1 Å². The minimum atomic E-state index is -0.816. The van der Waals surface area contributed by atoms with Crippen molar-refractivity contribution >= 4 is 0 Å². The third kappa shape index (κ3) is 4.32. The minimum absolute atomic E-state index is 0.105. The van der Waals surface area contributed by atoms with Crippen molar-refractivity contribution in [3.05, 3.63) is 47.3 Å². The summed E-state index contributed by atoms with van der Waals surface area (Å²) in [5.74, 6) is 0.895. The molecule has 2 heterocycles. The van der Waals surface area contributed by atoms with E-state index in [1.165, 1.54) is 0 Å². The summed E-state index contributed by atoms with van der Waals surface area (Å²) in [7, 11) is 1.87. The highest BCUT2D eigenvalue weighted by Gasteiger charge is 2.29. The van der Waals surface area contributed by atoms with E-state index in [2.05, 4.69) is 30.2 Å². The van der Waals surface area contributed by atoms with Crippen LogP contribution in [-0.2, 0) is 7.05 Å². The Hall–Kier alpha value is -2.36. The summed E-state index contributed by atoms with van der Waals surface area (Å²) in [6.45, 7) is 6.42. The summed E-state index contributed by atoms with van der Waals surface area (Å²) in [6.07, 6.45) is 3.16. The molecule has 0 radical (unpaired) electrons. The van der Waals surface area contributed by atoms with Gasteiger partial charge in [0.2, 0.25) is 0 Å². The molecule has 0 aliphatic carbocycles. The molecule has 2 N–H and O–H groups in total. The molecule has 0 amide bonds. The molecule has 144 valence electrons. The zero-order valence-corrected chi connectivity index (χ0v) is 16.2. The van der Waals surface area contributed by atoms with Gasteiger partial charge in [-0.25, -0.2) is 4.98 Å². The predicted octanol–water partition coefficient (Wildman–Crippen LogP) is 2.78. The Labute approximate surface area is 160 Å². The number of benzene rings is 1. The summed E-state index contributed by atoms with van der Waals surface area (Å²) in [6, 6.07) is 9.57. The second-order valence-electron chi connectivity index (χ2n) is 7.57. The standard InChI is InChI=1S/C21H28N4O2/c1-14(2)20(17-8-10-23-11-9-17)27-21-24-13-18(25(21)3)19(26)16-6-4-15(12-22)5-7-16/h4-7,13-14,17,19-20,23,26H,8-11H2,1-3H3. The number of aliphatic hydroxyl groups is 1. The Morgan fingerprint density at radius 3 is 2.52 bits per heavy atom. The van der Waals surface area contributed by atoms with Gasteiger partial charge in [0.05, 0.1) is 23.5 Å². The van der Waals surface area contributed by atoms with Crippen molar-refractivity contribution in [1.82, 2.24) is 14.9 Å². The van der Waals surface area contributed by atoms with Crippen molar-refractivity contribution in [2.24, 2.45) is 18.9 Å². The number of hydrogen-bond acceptors (Lipinski definition) is 5. The minimum Gasteiger partial charge on any atom is -0.461 e. The Kier molecular flexibility index (Phi) is 6.15. The van der Waals surface area contributed by atoms with Gasteiger partial charge in [-0.3, -0.25) is 4.57 Å². The summed E-state index contributed by atoms with van der Waals surface area (Å²) in [5, 5.41) is 23.1. The van der Waals surface area contributed by atoms with E-state index in [1.54, 1.807) is 30.5 Å². The lowest BCUT2D eigenvalue weighted by atomic mass is 9.86. The topological polar surface area (TPSA) is 83.1 Å². The zero-order chi connectivity index (χ0) is 19.4. The molecule has 0 saturated carbocycles. The molecular formula is C21H28N4O2. The lowest BCUT2D eigenvalue weighted by Gasteiger charge is -2.33. The molecule has 1 fully saturated rings. The molecule has 1 aromatic heterocycles. The lowest BCUT2D eigenvalue weighted by Crippen LogP contribution is -2.40. The van der Waals surface area contributed by atoms with Crippen molar-refractivity contribution < 1.29 is 9.84 Å². The zero-order valence-electron chi connectivity index (χ0n) is 16.2. The van der Waals surface area contributed by atoms with Crippen LogP contribution >= 0.6 is 0 Å². The molecule has 2 atom stereocenters. The Balaban J connectivity index is 1.77. The van der Waals surface area contributed by atoms with Crippen molar-refractivity contribution in [3.63, 3.8) is 0 Å². The molecule has 2 unspecified atom stereocenters. The number of piperidine rings is 1. The number of nitriles is 1. The maximum atomic E-state index is 10.7. The van der Waals surface area contributed by atoms with E-state index >= 15 is 0 Å². The van der Waals surface area contributed by atoms with Crippen LogP contribution in [0.2, 0.25) is 0 Å². The van der Waals surface area contributed by atoms with Gasteiger partial charge in [-0.15, -0.1) is 0 Å². The SMILES string of the molecule is CC(C)C(Oc1ncc(C(O)c2ccc(C#N)cc2)n1C)C1CCNCC1.